The number of aryl methyl sites for hydroxylation is 1. The Bertz CT molecular complexity index is 932. The van der Waals surface area contributed by atoms with Crippen LogP contribution < -0.4 is 0 Å². The SMILES string of the molecule is Cc1cccc(C[C@H]2CCCN(C(=O)c3nccc4ccccc34)C2)n1. The van der Waals surface area contributed by atoms with E-state index in [9.17, 15) is 4.79 Å². The maximum absolute atomic E-state index is 13.1. The molecule has 1 aliphatic rings. The molecule has 1 aromatic carbocycles. The summed E-state index contributed by atoms with van der Waals surface area (Å²) in [4.78, 5) is 24.1. The topological polar surface area (TPSA) is 46.1 Å². The van der Waals surface area contributed by atoms with Gasteiger partial charge in [-0.3, -0.25) is 14.8 Å². The molecule has 0 radical (unpaired) electrons. The molecule has 0 aliphatic carbocycles. The van der Waals surface area contributed by atoms with Crippen molar-refractivity contribution >= 4 is 16.7 Å². The number of nitrogens with zero attached hydrogens (tertiary/aromatic N) is 3. The molecule has 4 rings (SSSR count). The Morgan fingerprint density at radius 1 is 1.15 bits per heavy atom. The van der Waals surface area contributed by atoms with E-state index in [0.717, 1.165) is 54.5 Å². The van der Waals surface area contributed by atoms with E-state index in [1.807, 2.05) is 48.2 Å². The number of likely N-dealkylation sites (tertiary alicyclic amines) is 1. The van der Waals surface area contributed by atoms with E-state index in [-0.39, 0.29) is 5.91 Å². The number of benzene rings is 1. The average molecular weight is 345 g/mol. The second kappa shape index (κ2) is 7.24. The van der Waals surface area contributed by atoms with Gasteiger partial charge < -0.3 is 4.90 Å². The maximum atomic E-state index is 13.1. The van der Waals surface area contributed by atoms with E-state index < -0.39 is 0 Å². The van der Waals surface area contributed by atoms with Crippen LogP contribution in [0.5, 0.6) is 0 Å². The minimum Gasteiger partial charge on any atom is -0.337 e. The molecule has 26 heavy (non-hydrogen) atoms. The molecular weight excluding hydrogens is 322 g/mol. The average Bonchev–Trinajstić information content (AvgIpc) is 2.67. The van der Waals surface area contributed by atoms with E-state index in [1.54, 1.807) is 6.20 Å². The number of hydrogen-bond acceptors (Lipinski definition) is 3. The van der Waals surface area contributed by atoms with E-state index in [4.69, 9.17) is 0 Å². The summed E-state index contributed by atoms with van der Waals surface area (Å²) in [6, 6.07) is 16.1. The molecule has 0 spiro atoms. The fourth-order valence-electron chi connectivity index (χ4n) is 3.86. The Morgan fingerprint density at radius 3 is 2.92 bits per heavy atom. The molecule has 2 aromatic heterocycles. The highest BCUT2D eigenvalue weighted by Gasteiger charge is 2.26. The van der Waals surface area contributed by atoms with Crippen molar-refractivity contribution in [1.29, 1.82) is 0 Å². The summed E-state index contributed by atoms with van der Waals surface area (Å²) in [5.41, 5.74) is 2.73. The Hall–Kier alpha value is -2.75. The summed E-state index contributed by atoms with van der Waals surface area (Å²) in [5, 5.41) is 1.99. The number of amides is 1. The smallest absolute Gasteiger partial charge is 0.273 e. The molecular formula is C22H23N3O. The van der Waals surface area contributed by atoms with Crippen LogP contribution in [0.4, 0.5) is 0 Å². The molecule has 1 saturated heterocycles. The van der Waals surface area contributed by atoms with Crippen LogP contribution in [-0.2, 0) is 6.42 Å². The van der Waals surface area contributed by atoms with Gasteiger partial charge in [0.25, 0.3) is 5.91 Å². The van der Waals surface area contributed by atoms with Gasteiger partial charge >= 0.3 is 0 Å². The van der Waals surface area contributed by atoms with Gasteiger partial charge in [0.2, 0.25) is 0 Å². The highest BCUT2D eigenvalue weighted by molar-refractivity contribution is 6.05. The fraction of sp³-hybridized carbons (Fsp3) is 0.318. The molecule has 132 valence electrons. The van der Waals surface area contributed by atoms with Crippen molar-refractivity contribution in [2.45, 2.75) is 26.2 Å². The molecule has 4 heteroatoms. The molecule has 0 unspecified atom stereocenters. The lowest BCUT2D eigenvalue weighted by atomic mass is 9.92. The molecule has 0 N–H and O–H groups in total. The van der Waals surface area contributed by atoms with Gasteiger partial charge in [-0.2, -0.15) is 0 Å². The first-order valence-electron chi connectivity index (χ1n) is 9.26. The van der Waals surface area contributed by atoms with Crippen molar-refractivity contribution in [3.63, 3.8) is 0 Å². The standard InChI is InChI=1S/C22H23N3O/c1-16-6-4-9-19(24-16)14-17-7-5-13-25(15-17)22(26)21-20-10-3-2-8-18(20)11-12-23-21/h2-4,6,8-12,17H,5,7,13-15H2,1H3/t17-/m1/s1. The quantitative estimate of drug-likeness (QED) is 0.720. The molecule has 0 bridgehead atoms. The Kier molecular flexibility index (Phi) is 4.65. The van der Waals surface area contributed by atoms with Gasteiger partial charge in [0, 0.05) is 36.1 Å². The van der Waals surface area contributed by atoms with Gasteiger partial charge in [-0.25, -0.2) is 0 Å². The van der Waals surface area contributed by atoms with Gasteiger partial charge in [0.05, 0.1) is 0 Å². The molecule has 1 aliphatic heterocycles. The molecule has 3 aromatic rings. The highest BCUT2D eigenvalue weighted by atomic mass is 16.2. The van der Waals surface area contributed by atoms with Crippen LogP contribution in [0.25, 0.3) is 10.8 Å². The van der Waals surface area contributed by atoms with E-state index in [2.05, 4.69) is 22.1 Å². The van der Waals surface area contributed by atoms with Crippen LogP contribution in [-0.4, -0.2) is 33.9 Å². The predicted octanol–water partition coefficient (Wildman–Crippen LogP) is 4.03. The maximum Gasteiger partial charge on any atom is 0.273 e. The van der Waals surface area contributed by atoms with Crippen LogP contribution in [0.15, 0.2) is 54.7 Å². The minimum absolute atomic E-state index is 0.0451. The zero-order chi connectivity index (χ0) is 17.9. The first kappa shape index (κ1) is 16.7. The van der Waals surface area contributed by atoms with Crippen molar-refractivity contribution in [3.8, 4) is 0 Å². The first-order chi connectivity index (χ1) is 12.7. The van der Waals surface area contributed by atoms with Crippen LogP contribution in [0, 0.1) is 12.8 Å². The lowest BCUT2D eigenvalue weighted by Crippen LogP contribution is -2.41. The number of carbonyl (C=O) groups excluding carboxylic acids is 1. The zero-order valence-corrected chi connectivity index (χ0v) is 15.1. The van der Waals surface area contributed by atoms with E-state index in [1.165, 1.54) is 0 Å². The lowest BCUT2D eigenvalue weighted by molar-refractivity contribution is 0.0669. The predicted molar refractivity (Wildman–Crippen MR) is 103 cm³/mol. The second-order valence-electron chi connectivity index (χ2n) is 7.11. The van der Waals surface area contributed by atoms with Crippen LogP contribution >= 0.6 is 0 Å². The molecule has 0 saturated carbocycles. The second-order valence-corrected chi connectivity index (χ2v) is 7.11. The monoisotopic (exact) mass is 345 g/mol. The third-order valence-electron chi connectivity index (χ3n) is 5.13. The van der Waals surface area contributed by atoms with Crippen LogP contribution in [0.2, 0.25) is 0 Å². The van der Waals surface area contributed by atoms with Crippen LogP contribution in [0.3, 0.4) is 0 Å². The molecule has 3 heterocycles. The van der Waals surface area contributed by atoms with Crippen molar-refractivity contribution in [2.24, 2.45) is 5.92 Å². The molecule has 4 nitrogen and oxygen atoms in total. The normalized spacial score (nSPS) is 17.4. The van der Waals surface area contributed by atoms with Crippen LogP contribution in [0.1, 0.15) is 34.7 Å². The first-order valence-corrected chi connectivity index (χ1v) is 9.26. The molecule has 1 fully saturated rings. The number of carbonyl (C=O) groups is 1. The lowest BCUT2D eigenvalue weighted by Gasteiger charge is -2.32. The minimum atomic E-state index is 0.0451. The number of rotatable bonds is 3. The Labute approximate surface area is 153 Å². The largest absolute Gasteiger partial charge is 0.337 e. The number of pyridine rings is 2. The Balaban J connectivity index is 1.53. The van der Waals surface area contributed by atoms with Crippen molar-refractivity contribution in [3.05, 3.63) is 71.8 Å². The van der Waals surface area contributed by atoms with Crippen molar-refractivity contribution < 1.29 is 4.79 Å². The summed E-state index contributed by atoms with van der Waals surface area (Å²) >= 11 is 0. The summed E-state index contributed by atoms with van der Waals surface area (Å²) in [6.07, 6.45) is 4.83. The van der Waals surface area contributed by atoms with E-state index in [0.29, 0.717) is 11.6 Å². The highest BCUT2D eigenvalue weighted by Crippen LogP contribution is 2.24. The third kappa shape index (κ3) is 3.45. The number of aromatic nitrogens is 2. The third-order valence-corrected chi connectivity index (χ3v) is 5.13. The molecule has 1 atom stereocenters. The number of hydrogen-bond donors (Lipinski definition) is 0. The fourth-order valence-corrected chi connectivity index (χ4v) is 3.86. The summed E-state index contributed by atoms with van der Waals surface area (Å²) < 4.78 is 0. The Morgan fingerprint density at radius 2 is 2.04 bits per heavy atom. The van der Waals surface area contributed by atoms with Gasteiger partial charge in [-0.15, -0.1) is 0 Å². The van der Waals surface area contributed by atoms with Crippen molar-refractivity contribution in [2.75, 3.05) is 13.1 Å². The van der Waals surface area contributed by atoms with Gasteiger partial charge in [-0.1, -0.05) is 30.3 Å². The van der Waals surface area contributed by atoms with Gasteiger partial charge in [0.1, 0.15) is 5.69 Å². The zero-order valence-electron chi connectivity index (χ0n) is 15.1. The summed E-state index contributed by atoms with van der Waals surface area (Å²) in [7, 11) is 0. The summed E-state index contributed by atoms with van der Waals surface area (Å²) in [5.74, 6) is 0.501. The van der Waals surface area contributed by atoms with Crippen molar-refractivity contribution in [1.82, 2.24) is 14.9 Å². The number of fused-ring (bicyclic) bond motifs is 1. The van der Waals surface area contributed by atoms with E-state index >= 15 is 0 Å². The number of piperidine rings is 1. The van der Waals surface area contributed by atoms with Gasteiger partial charge in [-0.05, 0) is 55.7 Å². The van der Waals surface area contributed by atoms with Gasteiger partial charge in [0.15, 0.2) is 0 Å². The summed E-state index contributed by atoms with van der Waals surface area (Å²) in [6.45, 7) is 3.60. The molecule has 1 amide bonds.